The average Bonchev–Trinajstić information content (AvgIpc) is 2.59. The number of esters is 1. The summed E-state index contributed by atoms with van der Waals surface area (Å²) in [7, 11) is 2.89. The van der Waals surface area contributed by atoms with Crippen LogP contribution in [0.5, 0.6) is 11.5 Å². The molecule has 120 valence electrons. The van der Waals surface area contributed by atoms with Gasteiger partial charge in [-0.05, 0) is 12.1 Å². The molecule has 0 radical (unpaired) electrons. The van der Waals surface area contributed by atoms with Crippen molar-refractivity contribution in [3.05, 3.63) is 63.7 Å². The molecule has 2 aromatic carbocycles. The number of hydrogen-bond donors (Lipinski definition) is 0. The summed E-state index contributed by atoms with van der Waals surface area (Å²) in [6.07, 6.45) is 0. The van der Waals surface area contributed by atoms with Gasteiger partial charge < -0.3 is 14.2 Å². The van der Waals surface area contributed by atoms with Crippen LogP contribution < -0.4 is 9.47 Å². The quantitative estimate of drug-likeness (QED) is 0.462. The zero-order valence-electron chi connectivity index (χ0n) is 12.6. The van der Waals surface area contributed by atoms with Crippen molar-refractivity contribution in [3.63, 3.8) is 0 Å². The summed E-state index contributed by atoms with van der Waals surface area (Å²) in [4.78, 5) is 22.5. The van der Waals surface area contributed by atoms with E-state index in [2.05, 4.69) is 0 Å². The maximum absolute atomic E-state index is 12.2. The summed E-state index contributed by atoms with van der Waals surface area (Å²) in [6.45, 7) is -0.0192. The molecule has 0 saturated carbocycles. The normalized spacial score (nSPS) is 10.0. The number of nitro benzene ring substituents is 1. The molecule has 0 spiro atoms. The second-order valence-electron chi connectivity index (χ2n) is 4.53. The minimum atomic E-state index is -0.712. The van der Waals surface area contributed by atoms with Crippen LogP contribution in [0.3, 0.4) is 0 Å². The first-order valence-electron chi connectivity index (χ1n) is 6.68. The number of hydrogen-bond acceptors (Lipinski definition) is 6. The third-order valence-electron chi connectivity index (χ3n) is 3.17. The molecule has 7 heteroatoms. The summed E-state index contributed by atoms with van der Waals surface area (Å²) in [5.74, 6) is 0.0865. The monoisotopic (exact) mass is 317 g/mol. The van der Waals surface area contributed by atoms with E-state index in [1.54, 1.807) is 24.3 Å². The lowest BCUT2D eigenvalue weighted by atomic mass is 10.1. The summed E-state index contributed by atoms with van der Waals surface area (Å²) in [5, 5.41) is 10.8. The minimum Gasteiger partial charge on any atom is -0.496 e. The van der Waals surface area contributed by atoms with Crippen molar-refractivity contribution in [2.24, 2.45) is 0 Å². The van der Waals surface area contributed by atoms with Crippen LogP contribution in [-0.2, 0) is 11.3 Å². The molecule has 7 nitrogen and oxygen atoms in total. The Hall–Kier alpha value is -3.09. The molecule has 2 aromatic rings. The van der Waals surface area contributed by atoms with E-state index in [0.717, 1.165) is 6.07 Å². The van der Waals surface area contributed by atoms with Gasteiger partial charge in [-0.3, -0.25) is 10.1 Å². The predicted molar refractivity (Wildman–Crippen MR) is 81.8 cm³/mol. The van der Waals surface area contributed by atoms with Gasteiger partial charge in [-0.15, -0.1) is 0 Å². The maximum Gasteiger partial charge on any atom is 0.342 e. The maximum atomic E-state index is 12.2. The molecular formula is C16H15NO6. The van der Waals surface area contributed by atoms with E-state index in [9.17, 15) is 14.9 Å². The first-order valence-corrected chi connectivity index (χ1v) is 6.68. The average molecular weight is 317 g/mol. The molecular weight excluding hydrogens is 302 g/mol. The third-order valence-corrected chi connectivity index (χ3v) is 3.17. The van der Waals surface area contributed by atoms with Gasteiger partial charge in [0.05, 0.1) is 19.1 Å². The molecule has 0 aliphatic rings. The molecule has 0 heterocycles. The highest BCUT2D eigenvalue weighted by Crippen LogP contribution is 2.25. The van der Waals surface area contributed by atoms with Crippen molar-refractivity contribution in [2.75, 3.05) is 14.2 Å². The van der Waals surface area contributed by atoms with E-state index >= 15 is 0 Å². The van der Waals surface area contributed by atoms with Crippen molar-refractivity contribution in [3.8, 4) is 11.5 Å². The van der Waals surface area contributed by atoms with Gasteiger partial charge in [0.15, 0.2) is 0 Å². The lowest BCUT2D eigenvalue weighted by Crippen LogP contribution is -2.08. The lowest BCUT2D eigenvalue weighted by Gasteiger charge is -2.11. The van der Waals surface area contributed by atoms with E-state index in [1.165, 1.54) is 26.4 Å². The third kappa shape index (κ3) is 3.76. The fraction of sp³-hybridized carbons (Fsp3) is 0.188. The molecule has 0 amide bonds. The van der Waals surface area contributed by atoms with Crippen LogP contribution in [0.15, 0.2) is 42.5 Å². The number of para-hydroxylation sites is 1. The van der Waals surface area contributed by atoms with E-state index in [0.29, 0.717) is 11.3 Å². The van der Waals surface area contributed by atoms with Gasteiger partial charge in [0.1, 0.15) is 23.7 Å². The van der Waals surface area contributed by atoms with Crippen LogP contribution in [0.25, 0.3) is 0 Å². The highest BCUT2D eigenvalue weighted by atomic mass is 16.6. The van der Waals surface area contributed by atoms with Crippen LogP contribution in [0.4, 0.5) is 5.69 Å². The molecule has 2 rings (SSSR count). The number of non-ortho nitro benzene ring substituents is 1. The lowest BCUT2D eigenvalue weighted by molar-refractivity contribution is -0.384. The van der Waals surface area contributed by atoms with E-state index in [-0.39, 0.29) is 23.6 Å². The molecule has 0 aliphatic heterocycles. The number of rotatable bonds is 6. The number of benzene rings is 2. The SMILES string of the molecule is COc1ccccc1COC(=O)c1cc([N+](=O)[O-])ccc1OC. The summed E-state index contributed by atoms with van der Waals surface area (Å²) in [5.41, 5.74) is 0.472. The molecule has 0 fully saturated rings. The van der Waals surface area contributed by atoms with Crippen LogP contribution in [-0.4, -0.2) is 25.1 Å². The van der Waals surface area contributed by atoms with Crippen molar-refractivity contribution in [1.29, 1.82) is 0 Å². The molecule has 0 unspecified atom stereocenters. The first kappa shape index (κ1) is 16.3. The first-order chi connectivity index (χ1) is 11.1. The van der Waals surface area contributed by atoms with E-state index in [1.807, 2.05) is 0 Å². The molecule has 0 N–H and O–H groups in total. The Kier molecular flexibility index (Phi) is 5.14. The number of nitrogens with zero attached hydrogens (tertiary/aromatic N) is 1. The number of methoxy groups -OCH3 is 2. The Morgan fingerprint density at radius 3 is 2.43 bits per heavy atom. The second kappa shape index (κ2) is 7.26. The van der Waals surface area contributed by atoms with Gasteiger partial charge in [-0.25, -0.2) is 4.79 Å². The Balaban J connectivity index is 2.20. The smallest absolute Gasteiger partial charge is 0.342 e. The highest BCUT2D eigenvalue weighted by Gasteiger charge is 2.19. The largest absolute Gasteiger partial charge is 0.496 e. The molecule has 0 atom stereocenters. The number of carbonyl (C=O) groups is 1. The molecule has 0 saturated heterocycles. The van der Waals surface area contributed by atoms with Crippen molar-refractivity contribution < 1.29 is 23.9 Å². The Morgan fingerprint density at radius 1 is 1.09 bits per heavy atom. The molecule has 0 aliphatic carbocycles. The fourth-order valence-electron chi connectivity index (χ4n) is 2.01. The Bertz CT molecular complexity index is 728. The second-order valence-corrected chi connectivity index (χ2v) is 4.53. The van der Waals surface area contributed by atoms with Crippen molar-refractivity contribution in [2.45, 2.75) is 6.61 Å². The van der Waals surface area contributed by atoms with Crippen LogP contribution in [0, 0.1) is 10.1 Å². The van der Waals surface area contributed by atoms with Gasteiger partial charge in [0.2, 0.25) is 0 Å². The van der Waals surface area contributed by atoms with Gasteiger partial charge in [-0.1, -0.05) is 18.2 Å². The van der Waals surface area contributed by atoms with Crippen LogP contribution in [0.1, 0.15) is 15.9 Å². The van der Waals surface area contributed by atoms with Gasteiger partial charge in [0.25, 0.3) is 5.69 Å². The summed E-state index contributed by atoms with van der Waals surface area (Å²) in [6, 6.07) is 10.8. The molecule has 0 bridgehead atoms. The van der Waals surface area contributed by atoms with Crippen molar-refractivity contribution >= 4 is 11.7 Å². The number of ether oxygens (including phenoxy) is 3. The molecule has 23 heavy (non-hydrogen) atoms. The van der Waals surface area contributed by atoms with E-state index in [4.69, 9.17) is 14.2 Å². The summed E-state index contributed by atoms with van der Waals surface area (Å²) >= 11 is 0. The number of carbonyl (C=O) groups excluding carboxylic acids is 1. The summed E-state index contributed by atoms with van der Waals surface area (Å²) < 4.78 is 15.4. The highest BCUT2D eigenvalue weighted by molar-refractivity contribution is 5.93. The van der Waals surface area contributed by atoms with Crippen LogP contribution >= 0.6 is 0 Å². The van der Waals surface area contributed by atoms with Crippen LogP contribution in [0.2, 0.25) is 0 Å². The molecule has 0 aromatic heterocycles. The number of nitro groups is 1. The fourth-order valence-corrected chi connectivity index (χ4v) is 2.01. The zero-order valence-corrected chi connectivity index (χ0v) is 12.6. The standard InChI is InChI=1S/C16H15NO6/c1-21-14-6-4-3-5-11(14)10-23-16(18)13-9-12(17(19)20)7-8-15(13)22-2/h3-9H,10H2,1-2H3. The zero-order chi connectivity index (χ0) is 16.8. The van der Waals surface area contributed by atoms with Crippen molar-refractivity contribution in [1.82, 2.24) is 0 Å². The minimum absolute atomic E-state index is 0.00315. The Labute approximate surface area is 132 Å². The predicted octanol–water partition coefficient (Wildman–Crippen LogP) is 2.97. The Morgan fingerprint density at radius 2 is 1.78 bits per heavy atom. The van der Waals surface area contributed by atoms with Gasteiger partial charge in [0, 0.05) is 17.7 Å². The van der Waals surface area contributed by atoms with Gasteiger partial charge >= 0.3 is 5.97 Å². The van der Waals surface area contributed by atoms with E-state index < -0.39 is 10.9 Å². The van der Waals surface area contributed by atoms with Gasteiger partial charge in [-0.2, -0.15) is 0 Å². The topological polar surface area (TPSA) is 87.9 Å².